The van der Waals surface area contributed by atoms with Gasteiger partial charge in [-0.05, 0) is 56.9 Å². The number of quaternary nitrogens is 1. The fourth-order valence-corrected chi connectivity index (χ4v) is 3.44. The molecule has 133 valence electrons. The molecule has 1 aliphatic rings. The molecule has 2 rings (SSSR count). The van der Waals surface area contributed by atoms with E-state index < -0.39 is 0 Å². The van der Waals surface area contributed by atoms with Gasteiger partial charge in [0.05, 0.1) is 39.4 Å². The van der Waals surface area contributed by atoms with E-state index >= 15 is 0 Å². The van der Waals surface area contributed by atoms with Crippen LogP contribution in [0.5, 0.6) is 11.5 Å². The molecule has 0 unspecified atom stereocenters. The Balaban J connectivity index is 0.00000288. The fourth-order valence-electron chi connectivity index (χ4n) is 3.44. The van der Waals surface area contributed by atoms with Crippen molar-refractivity contribution in [2.45, 2.75) is 52.4 Å². The number of hydrogen-bond donors (Lipinski definition) is 0. The van der Waals surface area contributed by atoms with Gasteiger partial charge in [-0.15, -0.1) is 0 Å². The van der Waals surface area contributed by atoms with Crippen molar-refractivity contribution in [1.82, 2.24) is 0 Å². The number of unbranched alkanes of at least 4 members (excludes halogenated alkanes) is 1. The summed E-state index contributed by atoms with van der Waals surface area (Å²) in [6.45, 7) is 11.4. The van der Waals surface area contributed by atoms with Crippen molar-refractivity contribution in [3.63, 3.8) is 0 Å². The molecule has 1 heterocycles. The standard InChI is InChI=1S/C20H34NO2.Y/c1-3-5-17-22-19-10-12-20(13-11-19)23-18-9-16-21(4-2)14-7-6-8-15-21;/h10-13H,3-9,14-18H2,1-2H3;/q+1;. The average Bonchev–Trinajstić information content (AvgIpc) is 2.61. The maximum Gasteiger partial charge on any atom is 0.119 e. The zero-order valence-electron chi connectivity index (χ0n) is 15.6. The SMILES string of the molecule is CCCCOc1ccc(OCCC[N+]2(CC)CCCCC2)cc1.[Y]. The van der Waals surface area contributed by atoms with Crippen LogP contribution in [0.25, 0.3) is 0 Å². The molecule has 1 aliphatic heterocycles. The van der Waals surface area contributed by atoms with Crippen LogP contribution in [0.4, 0.5) is 0 Å². The minimum Gasteiger partial charge on any atom is -0.494 e. The molecular formula is C20H34NO2Y+. The predicted octanol–water partition coefficient (Wildman–Crippen LogP) is 4.65. The quantitative estimate of drug-likeness (QED) is 0.414. The summed E-state index contributed by atoms with van der Waals surface area (Å²) in [4.78, 5) is 0. The molecule has 0 spiro atoms. The topological polar surface area (TPSA) is 18.5 Å². The molecule has 0 N–H and O–H groups in total. The van der Waals surface area contributed by atoms with Crippen molar-refractivity contribution in [2.24, 2.45) is 0 Å². The van der Waals surface area contributed by atoms with E-state index in [4.69, 9.17) is 9.47 Å². The van der Waals surface area contributed by atoms with Gasteiger partial charge in [0.1, 0.15) is 11.5 Å². The van der Waals surface area contributed by atoms with Gasteiger partial charge in [-0.1, -0.05) is 13.3 Å². The molecule has 1 fully saturated rings. The summed E-state index contributed by atoms with van der Waals surface area (Å²) in [7, 11) is 0. The molecule has 1 aromatic rings. The van der Waals surface area contributed by atoms with Gasteiger partial charge in [0, 0.05) is 39.1 Å². The molecule has 1 saturated heterocycles. The van der Waals surface area contributed by atoms with E-state index in [1.807, 2.05) is 24.3 Å². The van der Waals surface area contributed by atoms with Gasteiger partial charge in [0.25, 0.3) is 0 Å². The van der Waals surface area contributed by atoms with Crippen molar-refractivity contribution in [3.05, 3.63) is 24.3 Å². The van der Waals surface area contributed by atoms with Crippen molar-refractivity contribution in [1.29, 1.82) is 0 Å². The van der Waals surface area contributed by atoms with Crippen LogP contribution < -0.4 is 9.47 Å². The van der Waals surface area contributed by atoms with E-state index in [1.54, 1.807) is 0 Å². The van der Waals surface area contributed by atoms with Gasteiger partial charge in [-0.2, -0.15) is 0 Å². The van der Waals surface area contributed by atoms with Crippen LogP contribution in [-0.2, 0) is 32.7 Å². The number of ether oxygens (including phenoxy) is 2. The molecule has 4 heteroatoms. The Kier molecular flexibility index (Phi) is 11.2. The molecule has 0 bridgehead atoms. The summed E-state index contributed by atoms with van der Waals surface area (Å²) in [5, 5.41) is 0. The molecule has 0 aliphatic carbocycles. The zero-order chi connectivity index (χ0) is 16.4. The zero-order valence-corrected chi connectivity index (χ0v) is 18.5. The maximum absolute atomic E-state index is 5.90. The fraction of sp³-hybridized carbons (Fsp3) is 0.700. The first-order valence-corrected chi connectivity index (χ1v) is 9.49. The Morgan fingerprint density at radius 3 is 1.88 bits per heavy atom. The van der Waals surface area contributed by atoms with Crippen molar-refractivity contribution < 1.29 is 46.7 Å². The molecule has 0 saturated carbocycles. The van der Waals surface area contributed by atoms with Gasteiger partial charge in [-0.25, -0.2) is 0 Å². The molecule has 24 heavy (non-hydrogen) atoms. The second-order valence-electron chi connectivity index (χ2n) is 6.76. The van der Waals surface area contributed by atoms with E-state index in [0.29, 0.717) is 0 Å². The number of benzene rings is 1. The maximum atomic E-state index is 5.90. The minimum absolute atomic E-state index is 0. The first-order chi connectivity index (χ1) is 11.3. The van der Waals surface area contributed by atoms with Crippen LogP contribution in [0.15, 0.2) is 24.3 Å². The molecule has 0 amide bonds. The van der Waals surface area contributed by atoms with Crippen LogP contribution in [0.1, 0.15) is 52.4 Å². The Morgan fingerprint density at radius 2 is 1.38 bits per heavy atom. The Bertz CT molecular complexity index is 430. The third kappa shape index (κ3) is 7.41. The Hall–Kier alpha value is -0.116. The summed E-state index contributed by atoms with van der Waals surface area (Å²) in [5.41, 5.74) is 0. The average molecular weight is 409 g/mol. The molecular weight excluding hydrogens is 375 g/mol. The van der Waals surface area contributed by atoms with E-state index in [-0.39, 0.29) is 32.7 Å². The number of nitrogens with zero attached hydrogens (tertiary/aromatic N) is 1. The summed E-state index contributed by atoms with van der Waals surface area (Å²) in [5.74, 6) is 1.89. The van der Waals surface area contributed by atoms with E-state index in [9.17, 15) is 0 Å². The third-order valence-corrected chi connectivity index (χ3v) is 5.07. The van der Waals surface area contributed by atoms with Gasteiger partial charge >= 0.3 is 0 Å². The monoisotopic (exact) mass is 409 g/mol. The normalized spacial score (nSPS) is 16.2. The van der Waals surface area contributed by atoms with Crippen LogP contribution >= 0.6 is 0 Å². The van der Waals surface area contributed by atoms with Gasteiger partial charge in [-0.3, -0.25) is 0 Å². The number of rotatable bonds is 10. The van der Waals surface area contributed by atoms with Crippen molar-refractivity contribution >= 4 is 0 Å². The van der Waals surface area contributed by atoms with Crippen LogP contribution in [-0.4, -0.2) is 43.9 Å². The van der Waals surface area contributed by atoms with Gasteiger partial charge < -0.3 is 14.0 Å². The third-order valence-electron chi connectivity index (χ3n) is 5.07. The number of likely N-dealkylation sites (tertiary alicyclic amines) is 1. The van der Waals surface area contributed by atoms with E-state index in [1.165, 1.54) is 56.3 Å². The van der Waals surface area contributed by atoms with Crippen molar-refractivity contribution in [2.75, 3.05) is 39.4 Å². The van der Waals surface area contributed by atoms with Gasteiger partial charge in [0.15, 0.2) is 0 Å². The first-order valence-electron chi connectivity index (χ1n) is 9.49. The number of piperidine rings is 1. The van der Waals surface area contributed by atoms with Gasteiger partial charge in [0.2, 0.25) is 0 Å². The first kappa shape index (κ1) is 21.9. The minimum atomic E-state index is 0. The second kappa shape index (κ2) is 12.3. The molecule has 0 atom stereocenters. The summed E-state index contributed by atoms with van der Waals surface area (Å²) < 4.78 is 12.9. The van der Waals surface area contributed by atoms with Crippen LogP contribution in [0.2, 0.25) is 0 Å². The molecule has 1 aromatic carbocycles. The van der Waals surface area contributed by atoms with E-state index in [0.717, 1.165) is 37.6 Å². The smallest absolute Gasteiger partial charge is 0.119 e. The molecule has 3 nitrogen and oxygen atoms in total. The predicted molar refractivity (Wildman–Crippen MR) is 96.2 cm³/mol. The van der Waals surface area contributed by atoms with Crippen molar-refractivity contribution in [3.8, 4) is 11.5 Å². The Morgan fingerprint density at radius 1 is 0.833 bits per heavy atom. The summed E-state index contributed by atoms with van der Waals surface area (Å²) >= 11 is 0. The molecule has 1 radical (unpaired) electrons. The Labute approximate surface area is 173 Å². The van der Waals surface area contributed by atoms with Crippen LogP contribution in [0, 0.1) is 0 Å². The van der Waals surface area contributed by atoms with Crippen LogP contribution in [0.3, 0.4) is 0 Å². The second-order valence-corrected chi connectivity index (χ2v) is 6.76. The molecule has 0 aromatic heterocycles. The summed E-state index contributed by atoms with van der Waals surface area (Å²) in [6.07, 6.45) is 7.63. The van der Waals surface area contributed by atoms with E-state index in [2.05, 4.69) is 13.8 Å². The largest absolute Gasteiger partial charge is 0.494 e. The summed E-state index contributed by atoms with van der Waals surface area (Å²) in [6, 6.07) is 8.06. The number of hydrogen-bond acceptors (Lipinski definition) is 2.